The zero-order valence-corrected chi connectivity index (χ0v) is 8.00. The Bertz CT molecular complexity index is 339. The van der Waals surface area contributed by atoms with Gasteiger partial charge in [-0.15, -0.1) is 0 Å². The zero-order chi connectivity index (χ0) is 10.7. The summed E-state index contributed by atoms with van der Waals surface area (Å²) in [5.41, 5.74) is 0.539. The lowest BCUT2D eigenvalue weighted by atomic mass is 10.0. The van der Waals surface area contributed by atoms with E-state index >= 15 is 0 Å². The van der Waals surface area contributed by atoms with E-state index in [1.807, 2.05) is 6.07 Å². The van der Waals surface area contributed by atoms with Crippen LogP contribution in [0.2, 0.25) is 0 Å². The number of nitrogens with zero attached hydrogens (tertiary/aromatic N) is 1. The van der Waals surface area contributed by atoms with Crippen LogP contribution in [-0.4, -0.2) is 31.7 Å². The van der Waals surface area contributed by atoms with Crippen LogP contribution in [0.5, 0.6) is 0 Å². The van der Waals surface area contributed by atoms with Crippen molar-refractivity contribution < 1.29 is 19.2 Å². The number of carbonyl (C=O) groups is 1. The summed E-state index contributed by atoms with van der Waals surface area (Å²) in [5, 5.41) is 9.05. The Labute approximate surface area is 87.4 Å². The fraction of sp³-hybridized carbons (Fsp3) is 0.222. The Hall–Kier alpha value is -1.53. The van der Waals surface area contributed by atoms with Gasteiger partial charge in [-0.2, -0.15) is 0 Å². The molecule has 15 heavy (non-hydrogen) atoms. The predicted molar refractivity (Wildman–Crippen MR) is 54.6 cm³/mol. The summed E-state index contributed by atoms with van der Waals surface area (Å²) in [6.07, 6.45) is -1.09. The molecule has 0 saturated carbocycles. The molecule has 78 valence electrons. The highest BCUT2D eigenvalue weighted by Gasteiger charge is 2.37. The minimum atomic E-state index is -1.09. The van der Waals surface area contributed by atoms with E-state index in [1.165, 1.54) is 0 Å². The van der Waals surface area contributed by atoms with Crippen molar-refractivity contribution >= 4 is 19.0 Å². The number of rotatable bonds is 2. The molecular formula is C9H10BNO4. The van der Waals surface area contributed by atoms with Crippen LogP contribution in [0.4, 0.5) is 10.5 Å². The van der Waals surface area contributed by atoms with Gasteiger partial charge in [0.05, 0.1) is 13.2 Å². The Kier molecular flexibility index (Phi) is 2.89. The van der Waals surface area contributed by atoms with Gasteiger partial charge in [-0.05, 0) is 12.1 Å². The highest BCUT2D eigenvalue weighted by atomic mass is 16.7. The molecule has 1 heterocycles. The smallest absolute Gasteiger partial charge is 0.465 e. The van der Waals surface area contributed by atoms with Crippen LogP contribution < -0.4 is 4.81 Å². The van der Waals surface area contributed by atoms with Gasteiger partial charge in [0.25, 0.3) is 0 Å². The van der Waals surface area contributed by atoms with Crippen LogP contribution in [0.25, 0.3) is 0 Å². The molecule has 1 aromatic rings. The number of para-hydroxylation sites is 1. The lowest BCUT2D eigenvalue weighted by molar-refractivity contribution is 0.203. The third-order valence-corrected chi connectivity index (χ3v) is 2.06. The second kappa shape index (κ2) is 4.33. The van der Waals surface area contributed by atoms with Crippen molar-refractivity contribution in [3.05, 3.63) is 30.3 Å². The number of carboxylic acid groups (broad SMARTS) is 1. The molecule has 1 N–H and O–H groups in total. The molecule has 5 nitrogen and oxygen atoms in total. The first-order valence-corrected chi connectivity index (χ1v) is 4.59. The average molecular weight is 207 g/mol. The van der Waals surface area contributed by atoms with Gasteiger partial charge >= 0.3 is 13.3 Å². The van der Waals surface area contributed by atoms with Crippen LogP contribution >= 0.6 is 0 Å². The summed E-state index contributed by atoms with van der Waals surface area (Å²) in [4.78, 5) is 12.1. The average Bonchev–Trinajstić information content (AvgIpc) is 2.72. The maximum absolute atomic E-state index is 11.1. The van der Waals surface area contributed by atoms with Gasteiger partial charge in [0.2, 0.25) is 0 Å². The molecule has 0 spiro atoms. The number of benzene rings is 1. The van der Waals surface area contributed by atoms with Crippen molar-refractivity contribution in [3.63, 3.8) is 0 Å². The van der Waals surface area contributed by atoms with E-state index in [0.717, 1.165) is 4.81 Å². The van der Waals surface area contributed by atoms with E-state index in [2.05, 4.69) is 0 Å². The molecule has 1 aliphatic heterocycles. The quantitative estimate of drug-likeness (QED) is 0.740. The minimum absolute atomic E-state index is 0.418. The van der Waals surface area contributed by atoms with Gasteiger partial charge < -0.3 is 14.4 Å². The Morgan fingerprint density at radius 3 is 2.40 bits per heavy atom. The summed E-state index contributed by atoms with van der Waals surface area (Å²) >= 11 is 0. The molecule has 6 heteroatoms. The first kappa shape index (κ1) is 10.0. The molecular weight excluding hydrogens is 197 g/mol. The highest BCUT2D eigenvalue weighted by molar-refractivity contribution is 6.55. The molecule has 0 bridgehead atoms. The fourth-order valence-electron chi connectivity index (χ4n) is 1.41. The van der Waals surface area contributed by atoms with Gasteiger partial charge in [0, 0.05) is 5.69 Å². The van der Waals surface area contributed by atoms with E-state index in [-0.39, 0.29) is 0 Å². The van der Waals surface area contributed by atoms with Crippen molar-refractivity contribution in [2.75, 3.05) is 18.0 Å². The molecule has 0 unspecified atom stereocenters. The molecule has 0 aromatic heterocycles. The molecule has 0 atom stereocenters. The molecule has 2 rings (SSSR count). The van der Waals surface area contributed by atoms with E-state index in [9.17, 15) is 4.79 Å². The fourth-order valence-corrected chi connectivity index (χ4v) is 1.41. The number of hydrogen-bond donors (Lipinski definition) is 1. The van der Waals surface area contributed by atoms with Crippen molar-refractivity contribution in [2.45, 2.75) is 0 Å². The Morgan fingerprint density at radius 2 is 1.87 bits per heavy atom. The third-order valence-electron chi connectivity index (χ3n) is 2.06. The van der Waals surface area contributed by atoms with Crippen molar-refractivity contribution in [2.24, 2.45) is 0 Å². The second-order valence-electron chi connectivity index (χ2n) is 3.04. The van der Waals surface area contributed by atoms with Gasteiger partial charge in [-0.1, -0.05) is 18.2 Å². The number of hydrogen-bond acceptors (Lipinski definition) is 3. The van der Waals surface area contributed by atoms with Crippen LogP contribution in [0.3, 0.4) is 0 Å². The van der Waals surface area contributed by atoms with Crippen molar-refractivity contribution in [1.29, 1.82) is 0 Å². The van der Waals surface area contributed by atoms with Gasteiger partial charge in [0.15, 0.2) is 0 Å². The van der Waals surface area contributed by atoms with Crippen LogP contribution in [0.1, 0.15) is 0 Å². The normalized spacial score (nSPS) is 15.3. The molecule has 1 aromatic carbocycles. The summed E-state index contributed by atoms with van der Waals surface area (Å²) in [6.45, 7) is 0.836. The first-order valence-electron chi connectivity index (χ1n) is 4.59. The molecule has 0 aliphatic carbocycles. The maximum atomic E-state index is 11.1. The lowest BCUT2D eigenvalue weighted by Crippen LogP contribution is -2.44. The topological polar surface area (TPSA) is 59.0 Å². The molecule has 0 radical (unpaired) electrons. The summed E-state index contributed by atoms with van der Waals surface area (Å²) in [5.74, 6) is 0. The molecule has 1 amide bonds. The summed E-state index contributed by atoms with van der Waals surface area (Å²) in [6, 6.07) is 8.73. The predicted octanol–water partition coefficient (Wildman–Crippen LogP) is 1.20. The lowest BCUT2D eigenvalue weighted by Gasteiger charge is -2.20. The minimum Gasteiger partial charge on any atom is -0.465 e. The molecule has 1 fully saturated rings. The van der Waals surface area contributed by atoms with Crippen molar-refractivity contribution in [3.8, 4) is 0 Å². The van der Waals surface area contributed by atoms with E-state index in [1.54, 1.807) is 24.3 Å². The Balaban J connectivity index is 2.23. The summed E-state index contributed by atoms with van der Waals surface area (Å²) < 4.78 is 10.3. The maximum Gasteiger partial charge on any atom is 0.603 e. The van der Waals surface area contributed by atoms with Gasteiger partial charge in [-0.25, -0.2) is 4.79 Å². The largest absolute Gasteiger partial charge is 0.603 e. The van der Waals surface area contributed by atoms with Gasteiger partial charge in [-0.3, -0.25) is 4.81 Å². The van der Waals surface area contributed by atoms with Crippen LogP contribution in [0, 0.1) is 0 Å². The standard InChI is InChI=1S/C9H10BNO4/c12-9(13)11(10-14-6-7-15-10)8-4-2-1-3-5-8/h1-5H,6-7H2,(H,12,13). The van der Waals surface area contributed by atoms with E-state index < -0.39 is 13.3 Å². The SMILES string of the molecule is O=C(O)N(B1OCCO1)c1ccccc1. The number of amides is 1. The second-order valence-corrected chi connectivity index (χ2v) is 3.04. The van der Waals surface area contributed by atoms with Crippen LogP contribution in [0.15, 0.2) is 30.3 Å². The molecule has 1 saturated heterocycles. The van der Waals surface area contributed by atoms with Crippen molar-refractivity contribution in [1.82, 2.24) is 0 Å². The van der Waals surface area contributed by atoms with E-state index in [0.29, 0.717) is 18.9 Å². The Morgan fingerprint density at radius 1 is 1.27 bits per heavy atom. The first-order chi connectivity index (χ1) is 7.29. The van der Waals surface area contributed by atoms with Crippen LogP contribution in [-0.2, 0) is 9.31 Å². The zero-order valence-electron chi connectivity index (χ0n) is 8.00. The monoisotopic (exact) mass is 207 g/mol. The third kappa shape index (κ3) is 2.11. The highest BCUT2D eigenvalue weighted by Crippen LogP contribution is 2.18. The van der Waals surface area contributed by atoms with Gasteiger partial charge in [0.1, 0.15) is 0 Å². The van der Waals surface area contributed by atoms with E-state index in [4.69, 9.17) is 14.4 Å². The number of anilines is 1. The molecule has 1 aliphatic rings. The summed E-state index contributed by atoms with van der Waals surface area (Å²) in [7, 11) is -0.829.